The summed E-state index contributed by atoms with van der Waals surface area (Å²) in [4.78, 5) is 25.7. The molecule has 0 aliphatic heterocycles. The van der Waals surface area contributed by atoms with Crippen LogP contribution in [-0.2, 0) is 19.1 Å². The molecule has 0 aromatic rings. The minimum atomic E-state index is -0.356. The van der Waals surface area contributed by atoms with Crippen molar-refractivity contribution in [1.82, 2.24) is 4.90 Å². The Morgan fingerprint density at radius 2 is 0.838 bits per heavy atom. The van der Waals surface area contributed by atoms with Crippen LogP contribution in [0.5, 0.6) is 0 Å². The van der Waals surface area contributed by atoms with Crippen LogP contribution in [0.25, 0.3) is 0 Å². The lowest BCUT2D eigenvalue weighted by Crippen LogP contribution is -2.38. The molecule has 4 unspecified atom stereocenters. The number of allylic oxidation sites excluding steroid dienone is 4. The lowest BCUT2D eigenvalue weighted by Gasteiger charge is -2.26. The van der Waals surface area contributed by atoms with Crippen molar-refractivity contribution < 1.29 is 29.3 Å². The maximum atomic E-state index is 12.0. The monoisotopic (exact) mass is 966 g/mol. The van der Waals surface area contributed by atoms with Gasteiger partial charge in [0.05, 0.1) is 18.3 Å². The summed E-state index contributed by atoms with van der Waals surface area (Å²) < 4.78 is 10.8. The van der Waals surface area contributed by atoms with Crippen LogP contribution in [0.15, 0.2) is 24.3 Å². The van der Waals surface area contributed by atoms with Gasteiger partial charge in [0.25, 0.3) is 0 Å². The van der Waals surface area contributed by atoms with E-state index in [0.717, 1.165) is 57.4 Å². The summed E-state index contributed by atoms with van der Waals surface area (Å²) in [5, 5.41) is 18.0. The highest BCUT2D eigenvalue weighted by molar-refractivity contribution is 5.69. The van der Waals surface area contributed by atoms with Crippen LogP contribution >= 0.6 is 0 Å². The van der Waals surface area contributed by atoms with Gasteiger partial charge in [-0.2, -0.15) is 0 Å². The summed E-state index contributed by atoms with van der Waals surface area (Å²) in [5.41, 5.74) is 0. The van der Waals surface area contributed by atoms with E-state index in [1.165, 1.54) is 167 Å². The Morgan fingerprint density at radius 1 is 0.485 bits per heavy atom. The van der Waals surface area contributed by atoms with E-state index in [9.17, 15) is 14.7 Å². The molecule has 2 N–H and O–H groups in total. The third-order valence-electron chi connectivity index (χ3n) is 12.5. The first-order valence-corrected chi connectivity index (χ1v) is 29.7. The van der Waals surface area contributed by atoms with Crippen molar-refractivity contribution in [2.75, 3.05) is 19.6 Å². The molecule has 0 saturated heterocycles. The third kappa shape index (κ3) is 64.3. The lowest BCUT2D eigenvalue weighted by molar-refractivity contribution is -0.150. The molecule has 0 heterocycles. The normalized spacial score (nSPS) is 14.0. The Labute approximate surface area is 426 Å². The van der Waals surface area contributed by atoms with Gasteiger partial charge in [0.2, 0.25) is 0 Å². The fourth-order valence-corrected chi connectivity index (χ4v) is 7.58. The average Bonchev–Trinajstić information content (AvgIpc) is 3.29. The zero-order valence-corrected chi connectivity index (χ0v) is 48.0. The summed E-state index contributed by atoms with van der Waals surface area (Å²) in [6.07, 6.45) is 51.8. The summed E-state index contributed by atoms with van der Waals surface area (Å²) >= 11 is 0. The first-order valence-electron chi connectivity index (χ1n) is 29.7. The van der Waals surface area contributed by atoms with Gasteiger partial charge in [-0.25, -0.2) is 0 Å². The number of hydrogen-bond donors (Lipinski definition) is 2. The van der Waals surface area contributed by atoms with Crippen LogP contribution in [0.4, 0.5) is 0 Å². The van der Waals surface area contributed by atoms with E-state index >= 15 is 0 Å². The molecule has 0 aromatic carbocycles. The molecule has 7 nitrogen and oxygen atoms in total. The molecule has 4 atom stereocenters. The summed E-state index contributed by atoms with van der Waals surface area (Å²) in [6, 6.07) is 0. The van der Waals surface area contributed by atoms with Gasteiger partial charge >= 0.3 is 11.9 Å². The number of rotatable bonds is 41. The standard InChI is InChI=1S/C27H53NO3.C22H42O2.C6H12.C4H10O.C2H6/c1-5-7-8-9-10-11-12-13-14-15-16-17-18-19-20-21-27(30)31-26(4)24-28(22-6-2)23-25(3)29;1-4-6-7-8-9-10-11-12-13-14-15-16-17-18-19-20-22(23)24-21(3)5-2;1-2-6-4-3-5-6;1-3-4(2)5;1-2/h13-14,25-26,29H,5-12,15-24H2,1-4H3;11-12,21H,4-10,13-20H2,1-3H3;6H,2-5H2,1H3;4-5H,3H2,1-2H3;1-2H3/b14-13+;12-11+;;;. The molecule has 1 aliphatic rings. The maximum Gasteiger partial charge on any atom is 0.306 e. The molecule has 0 amide bonds. The van der Waals surface area contributed by atoms with Crippen LogP contribution in [0.1, 0.15) is 308 Å². The highest BCUT2D eigenvalue weighted by atomic mass is 16.5. The lowest BCUT2D eigenvalue weighted by atomic mass is 9.84. The molecule has 0 spiro atoms. The largest absolute Gasteiger partial charge is 0.463 e. The van der Waals surface area contributed by atoms with E-state index in [0.29, 0.717) is 25.9 Å². The van der Waals surface area contributed by atoms with E-state index in [-0.39, 0.29) is 36.4 Å². The predicted octanol–water partition coefficient (Wildman–Crippen LogP) is 18.4. The Balaban J connectivity index is -0.000000483. The molecular weight excluding hydrogens is 843 g/mol. The summed E-state index contributed by atoms with van der Waals surface area (Å²) in [7, 11) is 0. The predicted molar refractivity (Wildman–Crippen MR) is 300 cm³/mol. The highest BCUT2D eigenvalue weighted by Crippen LogP contribution is 2.28. The summed E-state index contributed by atoms with van der Waals surface area (Å²) in [5.74, 6) is 1.01. The quantitative estimate of drug-likeness (QED) is 0.0358. The van der Waals surface area contributed by atoms with Crippen molar-refractivity contribution >= 4 is 11.9 Å². The minimum absolute atomic E-state index is 0.0239. The van der Waals surface area contributed by atoms with Gasteiger partial charge in [-0.05, 0) is 124 Å². The van der Waals surface area contributed by atoms with Crippen molar-refractivity contribution in [3.63, 3.8) is 0 Å². The number of esters is 2. The zero-order valence-electron chi connectivity index (χ0n) is 48.0. The first kappa shape index (κ1) is 72.8. The number of hydrogen-bond acceptors (Lipinski definition) is 7. The second kappa shape index (κ2) is 61.4. The average molecular weight is 967 g/mol. The van der Waals surface area contributed by atoms with Crippen LogP contribution in [0.3, 0.4) is 0 Å². The number of carbonyl (C=O) groups excluding carboxylic acids is 2. The molecule has 1 rings (SSSR count). The second-order valence-corrected chi connectivity index (χ2v) is 19.7. The molecule has 408 valence electrons. The van der Waals surface area contributed by atoms with E-state index in [2.05, 4.69) is 56.9 Å². The Kier molecular flexibility index (Phi) is 65.8. The van der Waals surface area contributed by atoms with E-state index < -0.39 is 0 Å². The van der Waals surface area contributed by atoms with Crippen LogP contribution in [0.2, 0.25) is 0 Å². The summed E-state index contributed by atoms with van der Waals surface area (Å²) in [6.45, 7) is 26.6. The van der Waals surface area contributed by atoms with Crippen molar-refractivity contribution in [2.24, 2.45) is 5.92 Å². The topological polar surface area (TPSA) is 96.3 Å². The zero-order chi connectivity index (χ0) is 51.7. The van der Waals surface area contributed by atoms with E-state index in [1.54, 1.807) is 13.8 Å². The van der Waals surface area contributed by atoms with E-state index in [4.69, 9.17) is 14.6 Å². The Hall–Kier alpha value is -1.70. The minimum Gasteiger partial charge on any atom is -0.463 e. The smallest absolute Gasteiger partial charge is 0.306 e. The van der Waals surface area contributed by atoms with Gasteiger partial charge in [0, 0.05) is 25.9 Å². The Bertz CT molecular complexity index is 1020. The van der Waals surface area contributed by atoms with Gasteiger partial charge in [0.1, 0.15) is 6.10 Å². The highest BCUT2D eigenvalue weighted by Gasteiger charge is 2.15. The van der Waals surface area contributed by atoms with Crippen LogP contribution < -0.4 is 0 Å². The van der Waals surface area contributed by atoms with Gasteiger partial charge in [0.15, 0.2) is 0 Å². The fourth-order valence-electron chi connectivity index (χ4n) is 7.58. The Morgan fingerprint density at radius 3 is 1.12 bits per heavy atom. The van der Waals surface area contributed by atoms with Crippen molar-refractivity contribution in [1.29, 1.82) is 0 Å². The van der Waals surface area contributed by atoms with Gasteiger partial charge in [-0.15, -0.1) is 0 Å². The molecule has 0 bridgehead atoms. The molecule has 0 aromatic heterocycles. The van der Waals surface area contributed by atoms with Crippen molar-refractivity contribution in [2.45, 2.75) is 332 Å². The SMILES string of the molecule is CC.CCC(C)O.CCC1CCC1.CCCCCCC/C=C/CCCCCCCCC(=O)OC(C)CC.CCCCCCCC/C=C/CCCCCCCC(=O)OC(C)CN(CCC)CC(C)O. The first-order chi connectivity index (χ1) is 32.9. The van der Waals surface area contributed by atoms with Crippen LogP contribution in [-0.4, -0.2) is 71.1 Å². The second-order valence-electron chi connectivity index (χ2n) is 19.7. The molecule has 1 fully saturated rings. The molecule has 7 heteroatoms. The van der Waals surface area contributed by atoms with Gasteiger partial charge in [-0.1, -0.05) is 208 Å². The molecule has 1 aliphatic carbocycles. The molecule has 0 radical (unpaired) electrons. The third-order valence-corrected chi connectivity index (χ3v) is 12.5. The molecular formula is C61H123NO6. The maximum absolute atomic E-state index is 12.0. The van der Waals surface area contributed by atoms with Crippen molar-refractivity contribution in [3.8, 4) is 0 Å². The van der Waals surface area contributed by atoms with Crippen molar-refractivity contribution in [3.05, 3.63) is 24.3 Å². The number of carbonyl (C=O) groups is 2. The van der Waals surface area contributed by atoms with E-state index in [1.807, 2.05) is 41.5 Å². The number of nitrogens with zero attached hydrogens (tertiary/aromatic N) is 1. The number of ether oxygens (including phenoxy) is 2. The van der Waals surface area contributed by atoms with Gasteiger partial charge in [-0.3, -0.25) is 14.5 Å². The van der Waals surface area contributed by atoms with Crippen LogP contribution in [0, 0.1) is 5.92 Å². The van der Waals surface area contributed by atoms with Gasteiger partial charge < -0.3 is 19.7 Å². The number of aliphatic hydroxyl groups is 2. The molecule has 68 heavy (non-hydrogen) atoms. The number of aliphatic hydroxyl groups excluding tert-OH is 2. The fraction of sp³-hybridized carbons (Fsp3) is 0.902. The molecule has 1 saturated carbocycles. The number of unbranched alkanes of at least 4 members (excludes halogenated alkanes) is 22.